The Hall–Kier alpha value is -1.72. The van der Waals surface area contributed by atoms with Gasteiger partial charge in [0.05, 0.1) is 5.56 Å². The molecule has 0 aliphatic heterocycles. The first kappa shape index (κ1) is 14.7. The number of hydrogen-bond acceptors (Lipinski definition) is 3. The minimum atomic E-state index is -0.0377. The number of nitrogens with zero attached hydrogens (tertiary/aromatic N) is 1. The van der Waals surface area contributed by atoms with Gasteiger partial charge in [0.2, 0.25) is 0 Å². The van der Waals surface area contributed by atoms with Crippen molar-refractivity contribution >= 4 is 33.4 Å². The Balaban J connectivity index is 2.47. The number of halogens is 2. The van der Waals surface area contributed by atoms with E-state index in [-0.39, 0.29) is 5.84 Å². The molecule has 2 rings (SSSR count). The topological polar surface area (TPSA) is 67.8 Å². The molecule has 0 bridgehead atoms. The van der Waals surface area contributed by atoms with Gasteiger partial charge in [-0.25, -0.2) is 0 Å². The Morgan fingerprint density at radius 1 is 1.25 bits per heavy atom. The van der Waals surface area contributed by atoms with Gasteiger partial charge in [0.15, 0.2) is 5.84 Å². The average Bonchev–Trinajstić information content (AvgIpc) is 2.42. The molecule has 0 aliphatic rings. The van der Waals surface area contributed by atoms with Gasteiger partial charge in [0.25, 0.3) is 0 Å². The van der Waals surface area contributed by atoms with E-state index < -0.39 is 0 Å². The normalized spacial score (nSPS) is 11.4. The molecular formula is C14H12BrClN2O2. The SMILES string of the molecule is Cc1ccc(Br)cc1Oc1cc(Cl)ccc1/C(N)=N/O. The van der Waals surface area contributed by atoms with Crippen LogP contribution in [0.3, 0.4) is 0 Å². The molecule has 0 saturated carbocycles. The van der Waals surface area contributed by atoms with Gasteiger partial charge in [-0.2, -0.15) is 0 Å². The zero-order valence-corrected chi connectivity index (χ0v) is 12.9. The number of aryl methyl sites for hydroxylation is 1. The van der Waals surface area contributed by atoms with Gasteiger partial charge >= 0.3 is 0 Å². The van der Waals surface area contributed by atoms with Crippen molar-refractivity contribution in [2.45, 2.75) is 6.92 Å². The first-order valence-electron chi connectivity index (χ1n) is 5.72. The van der Waals surface area contributed by atoms with Crippen molar-refractivity contribution in [2.24, 2.45) is 10.9 Å². The van der Waals surface area contributed by atoms with Crippen LogP contribution in [0.4, 0.5) is 0 Å². The standard InChI is InChI=1S/C14H12BrClN2O2/c1-8-2-3-9(15)6-12(8)20-13-7-10(16)4-5-11(13)14(17)18-19/h2-7,19H,1H3,(H2,17,18). The molecule has 4 nitrogen and oxygen atoms in total. The Morgan fingerprint density at radius 3 is 2.70 bits per heavy atom. The van der Waals surface area contributed by atoms with E-state index in [0.29, 0.717) is 22.1 Å². The van der Waals surface area contributed by atoms with Crippen molar-refractivity contribution in [3.63, 3.8) is 0 Å². The average molecular weight is 356 g/mol. The maximum atomic E-state index is 8.81. The van der Waals surface area contributed by atoms with Gasteiger partial charge in [-0.3, -0.25) is 0 Å². The van der Waals surface area contributed by atoms with Crippen molar-refractivity contribution in [3.8, 4) is 11.5 Å². The highest BCUT2D eigenvalue weighted by Gasteiger charge is 2.11. The van der Waals surface area contributed by atoms with Crippen LogP contribution in [-0.4, -0.2) is 11.0 Å². The monoisotopic (exact) mass is 354 g/mol. The number of ether oxygens (including phenoxy) is 1. The summed E-state index contributed by atoms with van der Waals surface area (Å²) in [7, 11) is 0. The fourth-order valence-corrected chi connectivity index (χ4v) is 2.15. The molecule has 0 radical (unpaired) electrons. The number of amidine groups is 1. The Morgan fingerprint density at radius 2 is 2.00 bits per heavy atom. The zero-order valence-electron chi connectivity index (χ0n) is 10.6. The van der Waals surface area contributed by atoms with E-state index in [1.165, 1.54) is 0 Å². The summed E-state index contributed by atoms with van der Waals surface area (Å²) in [6.07, 6.45) is 0. The molecule has 0 aromatic heterocycles. The molecule has 0 unspecified atom stereocenters. The van der Waals surface area contributed by atoms with E-state index >= 15 is 0 Å². The predicted molar refractivity (Wildman–Crippen MR) is 82.9 cm³/mol. The second kappa shape index (κ2) is 6.15. The molecule has 0 saturated heterocycles. The predicted octanol–water partition coefficient (Wildman–Crippen LogP) is 4.30. The van der Waals surface area contributed by atoms with Crippen molar-refractivity contribution in [2.75, 3.05) is 0 Å². The lowest BCUT2D eigenvalue weighted by Crippen LogP contribution is -2.14. The molecule has 0 amide bonds. The third-order valence-corrected chi connectivity index (χ3v) is 3.43. The number of oxime groups is 1. The lowest BCUT2D eigenvalue weighted by molar-refractivity contribution is 0.318. The molecule has 3 N–H and O–H groups in total. The molecule has 2 aromatic carbocycles. The van der Waals surface area contributed by atoms with Crippen LogP contribution in [0.25, 0.3) is 0 Å². The molecule has 0 spiro atoms. The van der Waals surface area contributed by atoms with Crippen LogP contribution < -0.4 is 10.5 Å². The highest BCUT2D eigenvalue weighted by atomic mass is 79.9. The quantitative estimate of drug-likeness (QED) is 0.373. The maximum Gasteiger partial charge on any atom is 0.173 e. The molecule has 6 heteroatoms. The van der Waals surface area contributed by atoms with Crippen molar-refractivity contribution in [3.05, 3.63) is 57.0 Å². The van der Waals surface area contributed by atoms with Crippen molar-refractivity contribution < 1.29 is 9.94 Å². The second-order valence-electron chi connectivity index (χ2n) is 4.14. The number of nitrogens with two attached hydrogens (primary N) is 1. The summed E-state index contributed by atoms with van der Waals surface area (Å²) in [5.74, 6) is 1.05. The maximum absolute atomic E-state index is 8.81. The smallest absolute Gasteiger partial charge is 0.173 e. The Labute approximate surface area is 129 Å². The van der Waals surface area contributed by atoms with Gasteiger partial charge < -0.3 is 15.7 Å². The van der Waals surface area contributed by atoms with Crippen molar-refractivity contribution in [1.29, 1.82) is 0 Å². The highest BCUT2D eigenvalue weighted by Crippen LogP contribution is 2.32. The summed E-state index contributed by atoms with van der Waals surface area (Å²) in [6.45, 7) is 1.93. The Bertz CT molecular complexity index is 674. The van der Waals surface area contributed by atoms with Crippen LogP contribution in [0.2, 0.25) is 5.02 Å². The van der Waals surface area contributed by atoms with E-state index in [9.17, 15) is 0 Å². The van der Waals surface area contributed by atoms with E-state index in [1.807, 2.05) is 25.1 Å². The first-order chi connectivity index (χ1) is 9.51. The number of rotatable bonds is 3. The molecule has 0 aliphatic carbocycles. The van der Waals surface area contributed by atoms with E-state index in [0.717, 1.165) is 10.0 Å². The molecule has 0 heterocycles. The van der Waals surface area contributed by atoms with Gasteiger partial charge in [-0.1, -0.05) is 38.8 Å². The van der Waals surface area contributed by atoms with Gasteiger partial charge in [0.1, 0.15) is 11.5 Å². The molecule has 2 aromatic rings. The summed E-state index contributed by atoms with van der Waals surface area (Å²) in [5, 5.41) is 12.3. The summed E-state index contributed by atoms with van der Waals surface area (Å²) < 4.78 is 6.73. The molecule has 20 heavy (non-hydrogen) atoms. The lowest BCUT2D eigenvalue weighted by atomic mass is 10.1. The van der Waals surface area contributed by atoms with Crippen LogP contribution in [-0.2, 0) is 0 Å². The van der Waals surface area contributed by atoms with E-state index in [2.05, 4.69) is 21.1 Å². The second-order valence-corrected chi connectivity index (χ2v) is 5.49. The van der Waals surface area contributed by atoms with Gasteiger partial charge in [-0.15, -0.1) is 0 Å². The van der Waals surface area contributed by atoms with Crippen LogP contribution in [0.1, 0.15) is 11.1 Å². The third-order valence-electron chi connectivity index (χ3n) is 2.70. The van der Waals surface area contributed by atoms with E-state index in [4.69, 9.17) is 27.3 Å². The van der Waals surface area contributed by atoms with Gasteiger partial charge in [-0.05, 0) is 36.8 Å². The summed E-state index contributed by atoms with van der Waals surface area (Å²) in [6, 6.07) is 10.6. The van der Waals surface area contributed by atoms with E-state index in [1.54, 1.807) is 18.2 Å². The molecule has 104 valence electrons. The first-order valence-corrected chi connectivity index (χ1v) is 6.90. The van der Waals surface area contributed by atoms with Crippen LogP contribution in [0.15, 0.2) is 46.0 Å². The Kier molecular flexibility index (Phi) is 4.52. The third kappa shape index (κ3) is 3.23. The molecule has 0 atom stereocenters. The number of hydrogen-bond donors (Lipinski definition) is 2. The summed E-state index contributed by atoms with van der Waals surface area (Å²) >= 11 is 9.36. The fourth-order valence-electron chi connectivity index (χ4n) is 1.65. The minimum absolute atomic E-state index is 0.0377. The van der Waals surface area contributed by atoms with Crippen LogP contribution >= 0.6 is 27.5 Å². The van der Waals surface area contributed by atoms with Gasteiger partial charge in [0, 0.05) is 15.6 Å². The summed E-state index contributed by atoms with van der Waals surface area (Å²) in [5.41, 5.74) is 7.06. The zero-order chi connectivity index (χ0) is 14.7. The number of benzene rings is 2. The molecule has 0 fully saturated rings. The van der Waals surface area contributed by atoms with Crippen LogP contribution in [0, 0.1) is 6.92 Å². The summed E-state index contributed by atoms with van der Waals surface area (Å²) in [4.78, 5) is 0. The largest absolute Gasteiger partial charge is 0.456 e. The van der Waals surface area contributed by atoms with Crippen LogP contribution in [0.5, 0.6) is 11.5 Å². The highest BCUT2D eigenvalue weighted by molar-refractivity contribution is 9.10. The van der Waals surface area contributed by atoms with Crippen molar-refractivity contribution in [1.82, 2.24) is 0 Å². The molecular weight excluding hydrogens is 344 g/mol. The lowest BCUT2D eigenvalue weighted by Gasteiger charge is -2.13. The minimum Gasteiger partial charge on any atom is -0.456 e. The fraction of sp³-hybridized carbons (Fsp3) is 0.0714.